The summed E-state index contributed by atoms with van der Waals surface area (Å²) in [5.41, 5.74) is 7.34. The molecular weight excluding hydrogens is 445 g/mol. The first kappa shape index (κ1) is 15.5. The van der Waals surface area contributed by atoms with Crippen molar-refractivity contribution in [3.63, 3.8) is 0 Å². The summed E-state index contributed by atoms with van der Waals surface area (Å²) in [5.74, 6) is 0.347. The number of benzene rings is 3. The van der Waals surface area contributed by atoms with Crippen molar-refractivity contribution in [1.29, 1.82) is 0 Å². The molecule has 1 aliphatic rings. The van der Waals surface area contributed by atoms with Crippen molar-refractivity contribution < 1.29 is 4.42 Å². The first-order valence-electron chi connectivity index (χ1n) is 9.18. The van der Waals surface area contributed by atoms with Gasteiger partial charge in [-0.3, -0.25) is 2.78 Å². The van der Waals surface area contributed by atoms with Crippen LogP contribution >= 0.6 is 22.9 Å². The van der Waals surface area contributed by atoms with Crippen LogP contribution in [0, 0.1) is 0 Å². The first-order chi connectivity index (χ1) is 13.3. The second-order valence-electron chi connectivity index (χ2n) is 7.15. The number of halogens is 1. The molecule has 0 radical (unpaired) electrons. The summed E-state index contributed by atoms with van der Waals surface area (Å²) in [5, 5.41) is 3.79. The van der Waals surface area contributed by atoms with Crippen molar-refractivity contribution in [1.82, 2.24) is 2.78 Å². The van der Waals surface area contributed by atoms with Gasteiger partial charge in [0.2, 0.25) is 0 Å². The summed E-state index contributed by atoms with van der Waals surface area (Å²) < 4.78 is 8.42. The maximum absolute atomic E-state index is 6.09. The zero-order valence-corrected chi connectivity index (χ0v) is 16.7. The fourth-order valence-electron chi connectivity index (χ4n) is 4.47. The van der Waals surface area contributed by atoms with Crippen LogP contribution in [-0.4, -0.2) is 2.78 Å². The Bertz CT molecular complexity index is 1370. The van der Waals surface area contributed by atoms with Crippen molar-refractivity contribution >= 4 is 61.8 Å². The average Bonchev–Trinajstić information content (AvgIpc) is 3.24. The lowest BCUT2D eigenvalue weighted by atomic mass is 9.86. The Morgan fingerprint density at radius 2 is 1.63 bits per heavy atom. The molecular formula is C24H16INO. The molecule has 1 aliphatic carbocycles. The van der Waals surface area contributed by atoms with E-state index in [1.165, 1.54) is 38.5 Å². The van der Waals surface area contributed by atoms with Crippen LogP contribution in [0.3, 0.4) is 0 Å². The fourth-order valence-corrected chi connectivity index (χ4v) is 5.35. The van der Waals surface area contributed by atoms with Crippen molar-refractivity contribution in [3.05, 3.63) is 89.6 Å². The number of hydrogen-bond donors (Lipinski definition) is 0. The zero-order chi connectivity index (χ0) is 18.0. The molecule has 0 saturated heterocycles. The van der Waals surface area contributed by atoms with E-state index in [9.17, 15) is 0 Å². The molecule has 6 rings (SSSR count). The van der Waals surface area contributed by atoms with Gasteiger partial charge in [-0.15, -0.1) is 0 Å². The molecule has 2 nitrogen and oxygen atoms in total. The number of allylic oxidation sites excluding steroid dienone is 1. The normalized spacial score (nSPS) is 16.4. The number of rotatable bonds is 1. The van der Waals surface area contributed by atoms with Crippen LogP contribution in [0.15, 0.2) is 77.2 Å². The number of furan rings is 1. The van der Waals surface area contributed by atoms with E-state index in [4.69, 9.17) is 4.42 Å². The summed E-state index contributed by atoms with van der Waals surface area (Å²) in [4.78, 5) is 0. The second kappa shape index (κ2) is 5.73. The van der Waals surface area contributed by atoms with E-state index in [0.717, 1.165) is 17.6 Å². The molecule has 3 heteroatoms. The smallest absolute Gasteiger partial charge is 0.135 e. The quantitative estimate of drug-likeness (QED) is 0.244. The number of aromatic nitrogens is 1. The predicted octanol–water partition coefficient (Wildman–Crippen LogP) is 7.09. The highest BCUT2D eigenvalue weighted by atomic mass is 127. The maximum atomic E-state index is 6.09. The van der Waals surface area contributed by atoms with E-state index in [1.807, 2.05) is 6.07 Å². The number of nitrogens with zero attached hydrogens (tertiary/aromatic N) is 1. The SMILES string of the molecule is In1c2c(c3ccccc31)C=CC(c1cccc3oc4ccccc4c13)C2. The van der Waals surface area contributed by atoms with E-state index in [-0.39, 0.29) is 0 Å². The molecule has 2 heterocycles. The molecule has 0 bridgehead atoms. The van der Waals surface area contributed by atoms with Gasteiger partial charge in [0.25, 0.3) is 0 Å². The third kappa shape index (κ3) is 2.18. The molecule has 0 aliphatic heterocycles. The Balaban J connectivity index is 1.56. The molecule has 0 N–H and O–H groups in total. The monoisotopic (exact) mass is 461 g/mol. The van der Waals surface area contributed by atoms with E-state index in [2.05, 4.69) is 98.5 Å². The Kier molecular flexibility index (Phi) is 3.29. The van der Waals surface area contributed by atoms with Gasteiger partial charge in [0.15, 0.2) is 0 Å². The summed E-state index contributed by atoms with van der Waals surface area (Å²) in [6, 6.07) is 23.4. The van der Waals surface area contributed by atoms with Gasteiger partial charge in [-0.1, -0.05) is 60.7 Å². The number of hydrogen-bond acceptors (Lipinski definition) is 1. The van der Waals surface area contributed by atoms with Crippen LogP contribution in [0.5, 0.6) is 0 Å². The van der Waals surface area contributed by atoms with Crippen LogP contribution in [0.4, 0.5) is 0 Å². The molecule has 2 aromatic heterocycles. The topological polar surface area (TPSA) is 18.1 Å². The highest BCUT2D eigenvalue weighted by molar-refractivity contribution is 14.1. The highest BCUT2D eigenvalue weighted by Gasteiger charge is 2.24. The zero-order valence-electron chi connectivity index (χ0n) is 14.5. The second-order valence-corrected chi connectivity index (χ2v) is 8.11. The Morgan fingerprint density at radius 3 is 2.56 bits per heavy atom. The van der Waals surface area contributed by atoms with Gasteiger partial charge in [-0.25, -0.2) is 0 Å². The van der Waals surface area contributed by atoms with Crippen LogP contribution in [0.2, 0.25) is 0 Å². The molecule has 5 aromatic rings. The lowest BCUT2D eigenvalue weighted by Crippen LogP contribution is -2.07. The maximum Gasteiger partial charge on any atom is 0.135 e. The molecule has 27 heavy (non-hydrogen) atoms. The highest BCUT2D eigenvalue weighted by Crippen LogP contribution is 2.41. The van der Waals surface area contributed by atoms with Crippen molar-refractivity contribution in [2.75, 3.05) is 0 Å². The molecule has 1 unspecified atom stereocenters. The van der Waals surface area contributed by atoms with Crippen molar-refractivity contribution in [2.45, 2.75) is 12.3 Å². The van der Waals surface area contributed by atoms with Crippen LogP contribution in [0.1, 0.15) is 22.7 Å². The molecule has 1 atom stereocenters. The molecule has 0 saturated carbocycles. The summed E-state index contributed by atoms with van der Waals surface area (Å²) in [6.45, 7) is 0. The van der Waals surface area contributed by atoms with Gasteiger partial charge < -0.3 is 4.42 Å². The van der Waals surface area contributed by atoms with Crippen LogP contribution in [0.25, 0.3) is 38.9 Å². The third-order valence-corrected chi connectivity index (χ3v) is 6.80. The van der Waals surface area contributed by atoms with Gasteiger partial charge in [0, 0.05) is 33.3 Å². The van der Waals surface area contributed by atoms with Gasteiger partial charge in [-0.05, 0) is 30.2 Å². The number of fused-ring (bicyclic) bond motifs is 6. The summed E-state index contributed by atoms with van der Waals surface area (Å²) in [7, 11) is 0. The molecule has 0 amide bonds. The number of para-hydroxylation sites is 2. The van der Waals surface area contributed by atoms with E-state index in [1.54, 1.807) is 0 Å². The Morgan fingerprint density at radius 1 is 0.852 bits per heavy atom. The summed E-state index contributed by atoms with van der Waals surface area (Å²) >= 11 is 2.44. The molecule has 0 fully saturated rings. The van der Waals surface area contributed by atoms with Crippen molar-refractivity contribution in [3.8, 4) is 0 Å². The molecule has 130 valence electrons. The lowest BCUT2D eigenvalue weighted by Gasteiger charge is -2.19. The first-order valence-corrected chi connectivity index (χ1v) is 10.1. The van der Waals surface area contributed by atoms with Gasteiger partial charge in [0.05, 0.1) is 28.4 Å². The minimum atomic E-state index is 0.347. The minimum absolute atomic E-state index is 0.347. The van der Waals surface area contributed by atoms with Crippen LogP contribution < -0.4 is 0 Å². The van der Waals surface area contributed by atoms with E-state index < -0.39 is 0 Å². The fraction of sp³-hybridized carbons (Fsp3) is 0.0833. The Labute approximate surface area is 170 Å². The largest absolute Gasteiger partial charge is 0.456 e. The lowest BCUT2D eigenvalue weighted by molar-refractivity contribution is 0.668. The van der Waals surface area contributed by atoms with Gasteiger partial charge in [0.1, 0.15) is 11.2 Å². The predicted molar refractivity (Wildman–Crippen MR) is 121 cm³/mol. The summed E-state index contributed by atoms with van der Waals surface area (Å²) in [6.07, 6.45) is 5.67. The van der Waals surface area contributed by atoms with Gasteiger partial charge >= 0.3 is 0 Å². The molecule has 0 spiro atoms. The van der Waals surface area contributed by atoms with Crippen LogP contribution in [-0.2, 0) is 6.42 Å². The van der Waals surface area contributed by atoms with Gasteiger partial charge in [-0.2, -0.15) is 0 Å². The van der Waals surface area contributed by atoms with E-state index >= 15 is 0 Å². The molecule has 3 aromatic carbocycles. The third-order valence-electron chi connectivity index (χ3n) is 5.70. The Hall–Kier alpha value is -2.53. The average molecular weight is 461 g/mol. The minimum Gasteiger partial charge on any atom is -0.456 e. The van der Waals surface area contributed by atoms with Crippen molar-refractivity contribution in [2.24, 2.45) is 0 Å². The standard InChI is InChI=1S/C24H16INO/c25-26-20-9-3-1-6-17(20)18-13-12-15(14-21(18)26)16-8-5-11-23-24(16)19-7-2-4-10-22(19)27-23/h1-13,15H,14H2. The van der Waals surface area contributed by atoms with E-state index in [0.29, 0.717) is 5.92 Å².